The molecule has 0 bridgehead atoms. The molecule has 0 saturated heterocycles. The normalized spacial score (nSPS) is 13.9. The Morgan fingerprint density at radius 1 is 1.22 bits per heavy atom. The molecular formula is C20H18ClN3O3. The third-order valence-corrected chi connectivity index (χ3v) is 4.66. The van der Waals surface area contributed by atoms with Crippen LogP contribution in [0.2, 0.25) is 5.02 Å². The van der Waals surface area contributed by atoms with Gasteiger partial charge in [0.15, 0.2) is 11.5 Å². The van der Waals surface area contributed by atoms with Crippen molar-refractivity contribution in [2.45, 2.75) is 6.04 Å². The standard InChI is InChI=1S/C20H18ClN3O3/c1-24-8-7-22-19(24)17(13-5-3-2-4-6-13)23-20(25)14-11-15(21)18-16(12-14)26-9-10-27-18/h2-8,11-12,17H,9-10H2,1H3,(H,23,25)/t17-/m0/s1. The molecule has 0 fully saturated rings. The van der Waals surface area contributed by atoms with Crippen molar-refractivity contribution in [1.29, 1.82) is 0 Å². The lowest BCUT2D eigenvalue weighted by Crippen LogP contribution is -2.31. The highest BCUT2D eigenvalue weighted by molar-refractivity contribution is 6.32. The Balaban J connectivity index is 1.67. The first-order valence-corrected chi connectivity index (χ1v) is 8.93. The molecule has 27 heavy (non-hydrogen) atoms. The maximum absolute atomic E-state index is 13.0. The second-order valence-electron chi connectivity index (χ2n) is 6.20. The van der Waals surface area contributed by atoms with Crippen LogP contribution in [0.1, 0.15) is 27.8 Å². The smallest absolute Gasteiger partial charge is 0.252 e. The summed E-state index contributed by atoms with van der Waals surface area (Å²) in [7, 11) is 1.89. The van der Waals surface area contributed by atoms with Crippen LogP contribution in [0.4, 0.5) is 0 Å². The summed E-state index contributed by atoms with van der Waals surface area (Å²) in [6.07, 6.45) is 3.55. The largest absolute Gasteiger partial charge is 0.486 e. The lowest BCUT2D eigenvalue weighted by atomic mass is 10.1. The second-order valence-corrected chi connectivity index (χ2v) is 6.60. The van der Waals surface area contributed by atoms with Gasteiger partial charge in [0.05, 0.1) is 5.02 Å². The van der Waals surface area contributed by atoms with Gasteiger partial charge in [-0.15, -0.1) is 0 Å². The summed E-state index contributed by atoms with van der Waals surface area (Å²) in [6, 6.07) is 12.5. The molecule has 2 heterocycles. The van der Waals surface area contributed by atoms with Gasteiger partial charge in [-0.25, -0.2) is 4.98 Å². The minimum absolute atomic E-state index is 0.272. The molecule has 1 aromatic heterocycles. The fourth-order valence-corrected chi connectivity index (χ4v) is 3.32. The maximum atomic E-state index is 13.0. The molecule has 1 aliphatic rings. The Bertz CT molecular complexity index is 972. The molecule has 0 saturated carbocycles. The van der Waals surface area contributed by atoms with Gasteiger partial charge in [-0.1, -0.05) is 41.9 Å². The molecule has 1 amide bonds. The van der Waals surface area contributed by atoms with Crippen LogP contribution in [-0.4, -0.2) is 28.7 Å². The third-order valence-electron chi connectivity index (χ3n) is 4.38. The number of hydrogen-bond acceptors (Lipinski definition) is 4. The van der Waals surface area contributed by atoms with E-state index in [1.165, 1.54) is 0 Å². The molecule has 7 heteroatoms. The number of aromatic nitrogens is 2. The van der Waals surface area contributed by atoms with Crippen molar-refractivity contribution in [1.82, 2.24) is 14.9 Å². The van der Waals surface area contributed by atoms with E-state index < -0.39 is 6.04 Å². The van der Waals surface area contributed by atoms with E-state index in [-0.39, 0.29) is 5.91 Å². The zero-order chi connectivity index (χ0) is 18.8. The molecule has 0 unspecified atom stereocenters. The fourth-order valence-electron chi connectivity index (χ4n) is 3.05. The van der Waals surface area contributed by atoms with Crippen molar-refractivity contribution < 1.29 is 14.3 Å². The van der Waals surface area contributed by atoms with Crippen LogP contribution in [0, 0.1) is 0 Å². The monoisotopic (exact) mass is 383 g/mol. The second kappa shape index (κ2) is 7.32. The molecule has 1 N–H and O–H groups in total. The minimum atomic E-state index is -0.398. The van der Waals surface area contributed by atoms with Gasteiger partial charge in [-0.2, -0.15) is 0 Å². The highest BCUT2D eigenvalue weighted by Crippen LogP contribution is 2.38. The van der Waals surface area contributed by atoms with E-state index in [0.717, 1.165) is 11.4 Å². The van der Waals surface area contributed by atoms with Crippen molar-refractivity contribution in [3.05, 3.63) is 76.8 Å². The van der Waals surface area contributed by atoms with Gasteiger partial charge in [-0.3, -0.25) is 4.79 Å². The first kappa shape index (κ1) is 17.4. The summed E-state index contributed by atoms with van der Waals surface area (Å²) >= 11 is 6.27. The van der Waals surface area contributed by atoms with E-state index in [1.54, 1.807) is 18.3 Å². The predicted octanol–water partition coefficient (Wildman–Crippen LogP) is 3.36. The van der Waals surface area contributed by atoms with Gasteiger partial charge in [0.25, 0.3) is 5.91 Å². The van der Waals surface area contributed by atoms with E-state index >= 15 is 0 Å². The number of aryl methyl sites for hydroxylation is 1. The lowest BCUT2D eigenvalue weighted by molar-refractivity contribution is 0.0940. The van der Waals surface area contributed by atoms with Crippen molar-refractivity contribution in [3.8, 4) is 11.5 Å². The fraction of sp³-hybridized carbons (Fsp3) is 0.200. The highest BCUT2D eigenvalue weighted by atomic mass is 35.5. The van der Waals surface area contributed by atoms with Crippen molar-refractivity contribution >= 4 is 17.5 Å². The molecule has 138 valence electrons. The Labute approximate surface area is 161 Å². The number of carbonyl (C=O) groups is 1. The summed E-state index contributed by atoms with van der Waals surface area (Å²) < 4.78 is 13.0. The number of ether oxygens (including phenoxy) is 2. The average Bonchev–Trinajstić information content (AvgIpc) is 3.12. The third kappa shape index (κ3) is 3.48. The molecule has 2 aromatic carbocycles. The molecular weight excluding hydrogens is 366 g/mol. The zero-order valence-corrected chi connectivity index (χ0v) is 15.4. The molecule has 6 nitrogen and oxygen atoms in total. The SMILES string of the molecule is Cn1ccnc1[C@@H](NC(=O)c1cc(Cl)c2c(c1)OCCO2)c1ccccc1. The van der Waals surface area contributed by atoms with E-state index in [0.29, 0.717) is 35.3 Å². The van der Waals surface area contributed by atoms with Crippen LogP contribution < -0.4 is 14.8 Å². The number of benzene rings is 2. The van der Waals surface area contributed by atoms with Gasteiger partial charge >= 0.3 is 0 Å². The Kier molecular flexibility index (Phi) is 4.73. The van der Waals surface area contributed by atoms with E-state index in [1.807, 2.05) is 48.1 Å². The van der Waals surface area contributed by atoms with Crippen LogP contribution in [0.25, 0.3) is 0 Å². The minimum Gasteiger partial charge on any atom is -0.486 e. The average molecular weight is 384 g/mol. The Morgan fingerprint density at radius 3 is 2.74 bits per heavy atom. The summed E-state index contributed by atoms with van der Waals surface area (Å²) in [4.78, 5) is 17.4. The van der Waals surface area contributed by atoms with E-state index in [2.05, 4.69) is 10.3 Å². The number of nitrogens with zero attached hydrogens (tertiary/aromatic N) is 2. The highest BCUT2D eigenvalue weighted by Gasteiger charge is 2.24. The molecule has 0 radical (unpaired) electrons. The predicted molar refractivity (Wildman–Crippen MR) is 101 cm³/mol. The Morgan fingerprint density at radius 2 is 2.00 bits per heavy atom. The van der Waals surface area contributed by atoms with E-state index in [4.69, 9.17) is 21.1 Å². The van der Waals surface area contributed by atoms with E-state index in [9.17, 15) is 4.79 Å². The van der Waals surface area contributed by atoms with Gasteiger partial charge in [0.1, 0.15) is 25.1 Å². The van der Waals surface area contributed by atoms with Gasteiger partial charge in [-0.05, 0) is 17.7 Å². The number of nitrogens with one attached hydrogen (secondary N) is 1. The first-order valence-electron chi connectivity index (χ1n) is 8.55. The zero-order valence-electron chi connectivity index (χ0n) is 14.7. The molecule has 4 rings (SSSR count). The van der Waals surface area contributed by atoms with Crippen molar-refractivity contribution in [2.75, 3.05) is 13.2 Å². The van der Waals surface area contributed by atoms with Crippen molar-refractivity contribution in [2.24, 2.45) is 7.05 Å². The van der Waals surface area contributed by atoms with Crippen LogP contribution in [0.3, 0.4) is 0 Å². The molecule has 0 aliphatic carbocycles. The number of imidazole rings is 1. The van der Waals surface area contributed by atoms with Gasteiger partial charge in [0, 0.05) is 25.0 Å². The summed E-state index contributed by atoms with van der Waals surface area (Å²) in [6.45, 7) is 0.863. The van der Waals surface area contributed by atoms with Gasteiger partial charge < -0.3 is 19.4 Å². The quantitative estimate of drug-likeness (QED) is 0.750. The number of rotatable bonds is 4. The van der Waals surface area contributed by atoms with Crippen LogP contribution in [0.5, 0.6) is 11.5 Å². The number of hydrogen-bond donors (Lipinski definition) is 1. The number of carbonyl (C=O) groups excluding carboxylic acids is 1. The topological polar surface area (TPSA) is 65.4 Å². The number of fused-ring (bicyclic) bond motifs is 1. The van der Waals surface area contributed by atoms with Crippen molar-refractivity contribution in [3.63, 3.8) is 0 Å². The van der Waals surface area contributed by atoms with Gasteiger partial charge in [0.2, 0.25) is 0 Å². The van der Waals surface area contributed by atoms with Crippen LogP contribution in [0.15, 0.2) is 54.9 Å². The lowest BCUT2D eigenvalue weighted by Gasteiger charge is -2.22. The van der Waals surface area contributed by atoms with Crippen LogP contribution in [-0.2, 0) is 7.05 Å². The molecule has 0 spiro atoms. The summed E-state index contributed by atoms with van der Waals surface area (Å²) in [5, 5.41) is 3.40. The summed E-state index contributed by atoms with van der Waals surface area (Å²) in [5.41, 5.74) is 1.34. The molecule has 3 aromatic rings. The molecule has 1 atom stereocenters. The van der Waals surface area contributed by atoms with Crippen LogP contribution >= 0.6 is 11.6 Å². The first-order chi connectivity index (χ1) is 13.1. The Hall–Kier alpha value is -2.99. The molecule has 1 aliphatic heterocycles. The number of amides is 1. The maximum Gasteiger partial charge on any atom is 0.252 e. The summed E-state index contributed by atoms with van der Waals surface area (Å²) in [5.74, 6) is 1.42. The number of halogens is 1.